The van der Waals surface area contributed by atoms with Crippen molar-refractivity contribution in [1.29, 1.82) is 0 Å². The standard InChI is InChI=1S/C14H17ClN4O3/c15-10-1-3-11(4-2-10)22-12-9-18-14(16)19-13(12)17-5-7-21-8-6-20/h1-4,9,20H,5-8H2,(H3,16,17,18,19). The van der Waals surface area contributed by atoms with Gasteiger partial charge in [-0.15, -0.1) is 0 Å². The third kappa shape index (κ3) is 5.03. The van der Waals surface area contributed by atoms with Crippen LogP contribution in [0.3, 0.4) is 0 Å². The van der Waals surface area contributed by atoms with Crippen molar-refractivity contribution in [1.82, 2.24) is 9.97 Å². The van der Waals surface area contributed by atoms with Gasteiger partial charge >= 0.3 is 0 Å². The fourth-order valence-corrected chi connectivity index (χ4v) is 1.75. The Kier molecular flexibility index (Phi) is 6.20. The van der Waals surface area contributed by atoms with Gasteiger partial charge in [-0.25, -0.2) is 4.98 Å². The van der Waals surface area contributed by atoms with E-state index in [9.17, 15) is 0 Å². The van der Waals surface area contributed by atoms with Crippen LogP contribution in [-0.4, -0.2) is 41.4 Å². The highest BCUT2D eigenvalue weighted by Gasteiger charge is 2.08. The molecule has 0 saturated heterocycles. The summed E-state index contributed by atoms with van der Waals surface area (Å²) in [6.07, 6.45) is 1.49. The number of rotatable bonds is 8. The van der Waals surface area contributed by atoms with Crippen molar-refractivity contribution in [2.45, 2.75) is 0 Å². The summed E-state index contributed by atoms with van der Waals surface area (Å²) in [5.74, 6) is 1.66. The van der Waals surface area contributed by atoms with Crippen LogP contribution >= 0.6 is 11.6 Å². The van der Waals surface area contributed by atoms with E-state index in [0.29, 0.717) is 42.1 Å². The largest absolute Gasteiger partial charge is 0.452 e. The molecule has 8 heteroatoms. The number of ether oxygens (including phenoxy) is 2. The van der Waals surface area contributed by atoms with Gasteiger partial charge in [0.1, 0.15) is 5.75 Å². The third-order valence-electron chi connectivity index (χ3n) is 2.59. The normalized spacial score (nSPS) is 10.5. The molecular weight excluding hydrogens is 308 g/mol. The average molecular weight is 325 g/mol. The smallest absolute Gasteiger partial charge is 0.222 e. The number of aliphatic hydroxyl groups excluding tert-OH is 1. The molecule has 22 heavy (non-hydrogen) atoms. The lowest BCUT2D eigenvalue weighted by atomic mass is 10.3. The van der Waals surface area contributed by atoms with Crippen molar-refractivity contribution in [3.8, 4) is 11.5 Å². The number of nitrogen functional groups attached to an aromatic ring is 1. The van der Waals surface area contributed by atoms with Gasteiger partial charge in [-0.1, -0.05) is 11.6 Å². The van der Waals surface area contributed by atoms with E-state index in [1.807, 2.05) is 0 Å². The zero-order valence-corrected chi connectivity index (χ0v) is 12.6. The molecule has 0 spiro atoms. The molecule has 0 atom stereocenters. The number of nitrogens with two attached hydrogens (primary N) is 1. The SMILES string of the molecule is Nc1ncc(Oc2ccc(Cl)cc2)c(NCCOCCO)n1. The fraction of sp³-hybridized carbons (Fsp3) is 0.286. The highest BCUT2D eigenvalue weighted by molar-refractivity contribution is 6.30. The highest BCUT2D eigenvalue weighted by Crippen LogP contribution is 2.28. The van der Waals surface area contributed by atoms with Crippen molar-refractivity contribution < 1.29 is 14.6 Å². The second kappa shape index (κ2) is 8.38. The Morgan fingerprint density at radius 3 is 2.73 bits per heavy atom. The van der Waals surface area contributed by atoms with Crippen LogP contribution in [0.5, 0.6) is 11.5 Å². The minimum absolute atomic E-state index is 0.00855. The molecule has 0 saturated carbocycles. The van der Waals surface area contributed by atoms with Gasteiger partial charge in [0.25, 0.3) is 0 Å². The first-order valence-corrected chi connectivity index (χ1v) is 7.05. The lowest BCUT2D eigenvalue weighted by Gasteiger charge is -2.12. The molecule has 2 rings (SSSR count). The van der Waals surface area contributed by atoms with E-state index in [2.05, 4.69) is 15.3 Å². The van der Waals surface area contributed by atoms with Gasteiger partial charge in [-0.2, -0.15) is 4.98 Å². The number of hydrogen-bond acceptors (Lipinski definition) is 7. The van der Waals surface area contributed by atoms with Gasteiger partial charge in [0.2, 0.25) is 5.95 Å². The van der Waals surface area contributed by atoms with Crippen molar-refractivity contribution in [2.75, 3.05) is 37.4 Å². The zero-order valence-electron chi connectivity index (χ0n) is 11.8. The first kappa shape index (κ1) is 16.3. The number of benzene rings is 1. The molecule has 0 amide bonds. The monoisotopic (exact) mass is 324 g/mol. The van der Waals surface area contributed by atoms with Gasteiger partial charge in [0, 0.05) is 11.6 Å². The Balaban J connectivity index is 2.02. The van der Waals surface area contributed by atoms with E-state index in [1.165, 1.54) is 6.20 Å². The molecule has 0 aliphatic rings. The summed E-state index contributed by atoms with van der Waals surface area (Å²) in [7, 11) is 0. The Morgan fingerprint density at radius 2 is 2.00 bits per heavy atom. The maximum Gasteiger partial charge on any atom is 0.222 e. The van der Waals surface area contributed by atoms with Crippen LogP contribution in [0.25, 0.3) is 0 Å². The van der Waals surface area contributed by atoms with Crippen LogP contribution < -0.4 is 15.8 Å². The number of aromatic nitrogens is 2. The molecule has 1 heterocycles. The Hall–Kier alpha value is -2.09. The Bertz CT molecular complexity index is 595. The quantitative estimate of drug-likeness (QED) is 0.637. The first-order chi connectivity index (χ1) is 10.7. The minimum Gasteiger partial charge on any atom is -0.452 e. The summed E-state index contributed by atoms with van der Waals surface area (Å²) in [6, 6.07) is 6.94. The first-order valence-electron chi connectivity index (χ1n) is 6.67. The van der Waals surface area contributed by atoms with E-state index >= 15 is 0 Å². The maximum atomic E-state index is 8.63. The maximum absolute atomic E-state index is 8.63. The Morgan fingerprint density at radius 1 is 1.23 bits per heavy atom. The lowest BCUT2D eigenvalue weighted by Crippen LogP contribution is -2.13. The van der Waals surface area contributed by atoms with Crippen LogP contribution in [0.2, 0.25) is 5.02 Å². The van der Waals surface area contributed by atoms with Gasteiger partial charge < -0.3 is 25.6 Å². The van der Waals surface area contributed by atoms with E-state index in [-0.39, 0.29) is 12.6 Å². The summed E-state index contributed by atoms with van der Waals surface area (Å²) in [5.41, 5.74) is 5.59. The zero-order chi connectivity index (χ0) is 15.8. The van der Waals surface area contributed by atoms with Gasteiger partial charge in [-0.05, 0) is 24.3 Å². The van der Waals surface area contributed by atoms with Crippen molar-refractivity contribution in [3.05, 3.63) is 35.5 Å². The summed E-state index contributed by atoms with van der Waals surface area (Å²) in [6.45, 7) is 1.20. The van der Waals surface area contributed by atoms with Crippen molar-refractivity contribution in [3.63, 3.8) is 0 Å². The second-order valence-corrected chi connectivity index (χ2v) is 4.70. The molecule has 7 nitrogen and oxygen atoms in total. The van der Waals surface area contributed by atoms with Crippen LogP contribution in [0.15, 0.2) is 30.5 Å². The molecule has 2 aromatic rings. The summed E-state index contributed by atoms with van der Waals surface area (Å²) in [4.78, 5) is 8.03. The van der Waals surface area contributed by atoms with Crippen LogP contribution in [0.1, 0.15) is 0 Å². The van der Waals surface area contributed by atoms with E-state index in [4.69, 9.17) is 31.9 Å². The number of nitrogens with one attached hydrogen (secondary N) is 1. The van der Waals surface area contributed by atoms with Gasteiger partial charge in [-0.3, -0.25) is 0 Å². The average Bonchev–Trinajstić information content (AvgIpc) is 2.51. The lowest BCUT2D eigenvalue weighted by molar-refractivity contribution is 0.0991. The molecule has 0 radical (unpaired) electrons. The van der Waals surface area contributed by atoms with Gasteiger partial charge in [0.15, 0.2) is 11.6 Å². The molecule has 0 aliphatic carbocycles. The summed E-state index contributed by atoms with van der Waals surface area (Å²) < 4.78 is 10.9. The van der Waals surface area contributed by atoms with Crippen LogP contribution in [0, 0.1) is 0 Å². The number of halogens is 1. The van der Waals surface area contributed by atoms with E-state index in [1.54, 1.807) is 24.3 Å². The molecule has 1 aromatic heterocycles. The van der Waals surface area contributed by atoms with Crippen LogP contribution in [0.4, 0.5) is 11.8 Å². The molecular formula is C14H17ClN4O3. The molecule has 0 unspecified atom stereocenters. The number of hydrogen-bond donors (Lipinski definition) is 3. The summed E-state index contributed by atoms with van der Waals surface area (Å²) in [5, 5.41) is 12.3. The Labute approximate surface area is 133 Å². The minimum atomic E-state index is -0.00855. The number of aliphatic hydroxyl groups is 1. The molecule has 0 bridgehead atoms. The number of anilines is 2. The van der Waals surface area contributed by atoms with E-state index < -0.39 is 0 Å². The molecule has 118 valence electrons. The fourth-order valence-electron chi connectivity index (χ4n) is 1.62. The molecule has 1 aromatic carbocycles. The van der Waals surface area contributed by atoms with Crippen molar-refractivity contribution >= 4 is 23.4 Å². The highest BCUT2D eigenvalue weighted by atomic mass is 35.5. The second-order valence-electron chi connectivity index (χ2n) is 4.26. The number of nitrogens with zero attached hydrogens (tertiary/aromatic N) is 2. The van der Waals surface area contributed by atoms with E-state index in [0.717, 1.165) is 0 Å². The topological polar surface area (TPSA) is 103 Å². The van der Waals surface area contributed by atoms with Gasteiger partial charge in [0.05, 0.1) is 26.0 Å². The molecule has 4 N–H and O–H groups in total. The third-order valence-corrected chi connectivity index (χ3v) is 2.84. The summed E-state index contributed by atoms with van der Waals surface area (Å²) >= 11 is 5.84. The van der Waals surface area contributed by atoms with Crippen LogP contribution in [-0.2, 0) is 4.74 Å². The predicted octanol–water partition coefficient (Wildman–Crippen LogP) is 1.93. The van der Waals surface area contributed by atoms with Crippen molar-refractivity contribution in [2.24, 2.45) is 0 Å². The predicted molar refractivity (Wildman–Crippen MR) is 84.4 cm³/mol. The molecule has 0 fully saturated rings. The molecule has 0 aliphatic heterocycles.